The first kappa shape index (κ1) is 14.0. The summed E-state index contributed by atoms with van der Waals surface area (Å²) in [6.45, 7) is 5.75. The van der Waals surface area contributed by atoms with Gasteiger partial charge >= 0.3 is 0 Å². The number of rotatable bonds is 3. The maximum absolute atomic E-state index is 12.0. The lowest BCUT2D eigenvalue weighted by Crippen LogP contribution is -2.09. The summed E-state index contributed by atoms with van der Waals surface area (Å²) in [5.74, 6) is -0.174. The van der Waals surface area contributed by atoms with Gasteiger partial charge in [-0.2, -0.15) is 10.2 Å². The quantitative estimate of drug-likeness (QED) is 0.866. The second-order valence-corrected chi connectivity index (χ2v) is 4.80. The summed E-state index contributed by atoms with van der Waals surface area (Å²) in [5, 5.41) is 11.3. The number of carbonyl (C=O) groups is 1. The van der Waals surface area contributed by atoms with Crippen LogP contribution in [0.15, 0.2) is 12.3 Å². The highest BCUT2D eigenvalue weighted by Gasteiger charge is 2.10. The molecular formula is C14H19N5O. The largest absolute Gasteiger partial charge is 0.319 e. The molecule has 0 aromatic carbocycles. The molecule has 2 aromatic rings. The number of amides is 1. The number of aromatic nitrogens is 4. The first-order valence-electron chi connectivity index (χ1n) is 6.38. The van der Waals surface area contributed by atoms with Crippen molar-refractivity contribution in [2.24, 2.45) is 14.1 Å². The standard InChI is InChI=1S/C14H19N5O/c1-9-14(11(3)19(5)17-9)16-13(20)7-6-12-8-15-18(4)10(12)2/h6-8H,1-5H3,(H,16,20)/b7-6+. The average molecular weight is 273 g/mol. The molecule has 0 fully saturated rings. The Morgan fingerprint density at radius 2 is 1.90 bits per heavy atom. The van der Waals surface area contributed by atoms with Crippen molar-refractivity contribution in [2.45, 2.75) is 20.8 Å². The maximum Gasteiger partial charge on any atom is 0.248 e. The van der Waals surface area contributed by atoms with Crippen LogP contribution in [0, 0.1) is 20.8 Å². The van der Waals surface area contributed by atoms with E-state index in [0.717, 1.165) is 28.3 Å². The molecule has 6 nitrogen and oxygen atoms in total. The summed E-state index contributed by atoms with van der Waals surface area (Å²) in [7, 11) is 3.72. The maximum atomic E-state index is 12.0. The van der Waals surface area contributed by atoms with Crippen LogP contribution < -0.4 is 5.32 Å². The van der Waals surface area contributed by atoms with Crippen molar-refractivity contribution < 1.29 is 4.79 Å². The van der Waals surface area contributed by atoms with E-state index in [0.29, 0.717) is 0 Å². The van der Waals surface area contributed by atoms with Crippen LogP contribution in [0.25, 0.3) is 6.08 Å². The third kappa shape index (κ3) is 2.64. The minimum atomic E-state index is -0.174. The molecule has 0 unspecified atom stereocenters. The van der Waals surface area contributed by atoms with Crippen molar-refractivity contribution in [2.75, 3.05) is 5.32 Å². The van der Waals surface area contributed by atoms with Gasteiger partial charge < -0.3 is 5.32 Å². The van der Waals surface area contributed by atoms with Gasteiger partial charge in [0.05, 0.1) is 23.3 Å². The molecule has 1 amide bonds. The molecule has 0 aliphatic heterocycles. The highest BCUT2D eigenvalue weighted by Crippen LogP contribution is 2.18. The number of nitrogens with zero attached hydrogens (tertiary/aromatic N) is 4. The molecule has 1 N–H and O–H groups in total. The number of hydrogen-bond donors (Lipinski definition) is 1. The predicted octanol–water partition coefficient (Wildman–Crippen LogP) is 1.73. The van der Waals surface area contributed by atoms with E-state index in [2.05, 4.69) is 15.5 Å². The average Bonchev–Trinajstić information content (AvgIpc) is 2.83. The highest BCUT2D eigenvalue weighted by molar-refractivity contribution is 6.02. The van der Waals surface area contributed by atoms with Crippen LogP contribution in [0.3, 0.4) is 0 Å². The number of carbonyl (C=O) groups excluding carboxylic acids is 1. The minimum Gasteiger partial charge on any atom is -0.319 e. The molecule has 0 atom stereocenters. The Morgan fingerprint density at radius 1 is 1.20 bits per heavy atom. The molecule has 0 saturated carbocycles. The van der Waals surface area contributed by atoms with Gasteiger partial charge in [0.1, 0.15) is 0 Å². The molecule has 0 aliphatic rings. The molecule has 0 saturated heterocycles. The van der Waals surface area contributed by atoms with E-state index >= 15 is 0 Å². The number of aryl methyl sites for hydroxylation is 3. The Morgan fingerprint density at radius 3 is 2.40 bits per heavy atom. The lowest BCUT2D eigenvalue weighted by molar-refractivity contribution is -0.111. The number of anilines is 1. The zero-order valence-electron chi connectivity index (χ0n) is 12.4. The monoisotopic (exact) mass is 273 g/mol. The number of hydrogen-bond acceptors (Lipinski definition) is 3. The van der Waals surface area contributed by atoms with E-state index in [-0.39, 0.29) is 5.91 Å². The second-order valence-electron chi connectivity index (χ2n) is 4.80. The van der Waals surface area contributed by atoms with Crippen molar-refractivity contribution in [1.82, 2.24) is 19.6 Å². The van der Waals surface area contributed by atoms with Crippen molar-refractivity contribution in [3.05, 3.63) is 34.9 Å². The zero-order valence-corrected chi connectivity index (χ0v) is 12.4. The lowest BCUT2D eigenvalue weighted by Gasteiger charge is -2.02. The van der Waals surface area contributed by atoms with Crippen LogP contribution in [0.5, 0.6) is 0 Å². The summed E-state index contributed by atoms with van der Waals surface area (Å²) in [5.41, 5.74) is 4.46. The van der Waals surface area contributed by atoms with Gasteiger partial charge in [0.25, 0.3) is 0 Å². The van der Waals surface area contributed by atoms with Crippen molar-refractivity contribution in [3.8, 4) is 0 Å². The Bertz CT molecular complexity index is 678. The predicted molar refractivity (Wildman–Crippen MR) is 78.3 cm³/mol. The lowest BCUT2D eigenvalue weighted by atomic mass is 10.2. The molecular weight excluding hydrogens is 254 g/mol. The van der Waals surface area contributed by atoms with Gasteiger partial charge in [0, 0.05) is 31.4 Å². The van der Waals surface area contributed by atoms with E-state index in [1.165, 1.54) is 6.08 Å². The van der Waals surface area contributed by atoms with Crippen LogP contribution in [0.4, 0.5) is 5.69 Å². The summed E-state index contributed by atoms with van der Waals surface area (Å²) in [6.07, 6.45) is 5.01. The van der Waals surface area contributed by atoms with Crippen LogP contribution in [0.1, 0.15) is 22.6 Å². The van der Waals surface area contributed by atoms with Gasteiger partial charge in [-0.15, -0.1) is 0 Å². The van der Waals surface area contributed by atoms with E-state index in [1.54, 1.807) is 21.6 Å². The molecule has 0 bridgehead atoms. The summed E-state index contributed by atoms with van der Waals surface area (Å²) in [4.78, 5) is 12.0. The van der Waals surface area contributed by atoms with Crippen molar-refractivity contribution >= 4 is 17.7 Å². The number of nitrogens with one attached hydrogen (secondary N) is 1. The van der Waals surface area contributed by atoms with Gasteiger partial charge in [0.2, 0.25) is 5.91 Å². The molecule has 2 heterocycles. The zero-order chi connectivity index (χ0) is 14.9. The van der Waals surface area contributed by atoms with E-state index in [4.69, 9.17) is 0 Å². The third-order valence-electron chi connectivity index (χ3n) is 3.44. The molecule has 20 heavy (non-hydrogen) atoms. The first-order valence-corrected chi connectivity index (χ1v) is 6.38. The third-order valence-corrected chi connectivity index (χ3v) is 3.44. The fraction of sp³-hybridized carbons (Fsp3) is 0.357. The molecule has 106 valence electrons. The van der Waals surface area contributed by atoms with Crippen LogP contribution in [-0.4, -0.2) is 25.5 Å². The van der Waals surface area contributed by atoms with E-state index in [9.17, 15) is 4.79 Å². The molecule has 0 spiro atoms. The Labute approximate surface area is 118 Å². The van der Waals surface area contributed by atoms with Crippen molar-refractivity contribution in [1.29, 1.82) is 0 Å². The SMILES string of the molecule is Cc1nn(C)c(C)c1NC(=O)/C=C/c1cnn(C)c1C. The molecule has 6 heteroatoms. The Hall–Kier alpha value is -2.37. The highest BCUT2D eigenvalue weighted by atomic mass is 16.1. The smallest absolute Gasteiger partial charge is 0.248 e. The van der Waals surface area contributed by atoms with Crippen LogP contribution >= 0.6 is 0 Å². The normalized spacial score (nSPS) is 11.2. The first-order chi connectivity index (χ1) is 9.40. The second kappa shape index (κ2) is 5.32. The van der Waals surface area contributed by atoms with Gasteiger partial charge in [0.15, 0.2) is 0 Å². The van der Waals surface area contributed by atoms with Gasteiger partial charge in [-0.05, 0) is 26.8 Å². The fourth-order valence-electron chi connectivity index (χ4n) is 1.96. The summed E-state index contributed by atoms with van der Waals surface area (Å²) < 4.78 is 3.52. The minimum absolute atomic E-state index is 0.174. The fourth-order valence-corrected chi connectivity index (χ4v) is 1.96. The van der Waals surface area contributed by atoms with Gasteiger partial charge in [-0.1, -0.05) is 0 Å². The van der Waals surface area contributed by atoms with Gasteiger partial charge in [-0.3, -0.25) is 14.2 Å². The topological polar surface area (TPSA) is 64.7 Å². The molecule has 0 aliphatic carbocycles. The Kier molecular flexibility index (Phi) is 3.74. The van der Waals surface area contributed by atoms with Crippen LogP contribution in [0.2, 0.25) is 0 Å². The van der Waals surface area contributed by atoms with Crippen LogP contribution in [-0.2, 0) is 18.9 Å². The Balaban J connectivity index is 2.11. The summed E-state index contributed by atoms with van der Waals surface area (Å²) in [6, 6.07) is 0. The summed E-state index contributed by atoms with van der Waals surface area (Å²) >= 11 is 0. The molecule has 0 radical (unpaired) electrons. The van der Waals surface area contributed by atoms with E-state index < -0.39 is 0 Å². The van der Waals surface area contributed by atoms with Crippen molar-refractivity contribution in [3.63, 3.8) is 0 Å². The van der Waals surface area contributed by atoms with Gasteiger partial charge in [-0.25, -0.2) is 0 Å². The molecule has 2 rings (SSSR count). The molecule has 2 aromatic heterocycles. The van der Waals surface area contributed by atoms with E-state index in [1.807, 2.05) is 34.9 Å².